The summed E-state index contributed by atoms with van der Waals surface area (Å²) in [7, 11) is 3.58. The Bertz CT molecular complexity index is 1720. The molecule has 3 rings (SSSR count). The van der Waals surface area contributed by atoms with Crippen molar-refractivity contribution in [1.82, 2.24) is 25.4 Å². The zero-order valence-corrected chi connectivity index (χ0v) is 31.8. The van der Waals surface area contributed by atoms with E-state index < -0.39 is 78.2 Å². The number of likely N-dealkylation sites (N-methyl/N-ethyl adjacent to an activating group) is 2. The van der Waals surface area contributed by atoms with Crippen LogP contribution < -0.4 is 10.6 Å². The summed E-state index contributed by atoms with van der Waals surface area (Å²) in [5.41, 5.74) is -0.128. The number of rotatable bonds is 18. The molecule has 0 aliphatic carbocycles. The molecule has 0 spiro atoms. The first kappa shape index (κ1) is 34.3. The Hall–Kier alpha value is -3.84. The van der Waals surface area contributed by atoms with E-state index in [0.29, 0.717) is 12.8 Å². The van der Waals surface area contributed by atoms with E-state index in [4.69, 9.17) is 11.6 Å². The number of carboxylic acid groups (broad SMARTS) is 1. The molecule has 1 aliphatic rings. The van der Waals surface area contributed by atoms with Gasteiger partial charge in [-0.15, -0.1) is 11.3 Å². The van der Waals surface area contributed by atoms with Gasteiger partial charge in [-0.05, 0) is 56.7 Å². The molecule has 282 valence electrons. The van der Waals surface area contributed by atoms with Gasteiger partial charge in [-0.1, -0.05) is 77.7 Å². The van der Waals surface area contributed by atoms with Gasteiger partial charge in [-0.3, -0.25) is 28.9 Å². The van der Waals surface area contributed by atoms with Crippen LogP contribution in [-0.4, -0.2) is 94.4 Å². The number of ether oxygens (including phenoxy) is 1. The van der Waals surface area contributed by atoms with Gasteiger partial charge in [0.05, 0.1) is 18.8 Å². The lowest BCUT2D eigenvalue weighted by molar-refractivity contribution is -0.149. The van der Waals surface area contributed by atoms with Crippen molar-refractivity contribution in [2.45, 2.75) is 117 Å². The van der Waals surface area contributed by atoms with Crippen LogP contribution in [0.25, 0.3) is 0 Å². The van der Waals surface area contributed by atoms with Crippen LogP contribution in [0.2, 0.25) is 0 Å². The molecule has 2 aromatic rings. The molecule has 0 radical (unpaired) electrons. The number of esters is 1. The Balaban J connectivity index is 1.88. The summed E-state index contributed by atoms with van der Waals surface area (Å²) in [6.07, 6.45) is 2.14. The number of amides is 3. The van der Waals surface area contributed by atoms with Gasteiger partial charge in [-0.25, -0.2) is 4.98 Å². The second kappa shape index (κ2) is 19.7. The monoisotopic (exact) mass is 732 g/mol. The SMILES string of the molecule is [2H]c1c([2H])c([2H])c(C[C@@H](C[C@H](C)C(=O)O)NC(=O)c2csc(C(C[C@H](C(C)C)N(C)C(=O)[C@@H](NC(=O)[C@@H]3CCCCN3C)[C@@H](C)CC)OC(C)=O)n2)c([2H])c1[2H]. The number of carbonyl (C=O) groups excluding carboxylic acids is 4. The molecule has 1 aliphatic heterocycles. The number of nitrogens with one attached hydrogen (secondary N) is 2. The number of carboxylic acids is 1. The predicted molar refractivity (Wildman–Crippen MR) is 197 cm³/mol. The lowest BCUT2D eigenvalue weighted by Gasteiger charge is -2.38. The number of aromatic nitrogens is 1. The van der Waals surface area contributed by atoms with Crippen molar-refractivity contribution < 1.29 is 40.7 Å². The van der Waals surface area contributed by atoms with Crippen LogP contribution in [-0.2, 0) is 30.3 Å². The smallest absolute Gasteiger partial charge is 0.306 e. The molecular formula is C38H57N5O7S. The molecule has 51 heavy (non-hydrogen) atoms. The van der Waals surface area contributed by atoms with Crippen LogP contribution in [0, 0.1) is 17.8 Å². The van der Waals surface area contributed by atoms with E-state index in [2.05, 4.69) is 15.6 Å². The maximum Gasteiger partial charge on any atom is 0.306 e. The molecule has 13 heteroatoms. The number of nitrogens with zero attached hydrogens (tertiary/aromatic N) is 3. The Morgan fingerprint density at radius 1 is 1.10 bits per heavy atom. The van der Waals surface area contributed by atoms with E-state index in [9.17, 15) is 29.1 Å². The molecule has 3 amide bonds. The largest absolute Gasteiger partial charge is 0.481 e. The van der Waals surface area contributed by atoms with Gasteiger partial charge in [0.25, 0.3) is 5.91 Å². The molecule has 3 N–H and O–H groups in total. The first-order valence-corrected chi connectivity index (χ1v) is 18.6. The number of hydrogen-bond acceptors (Lipinski definition) is 9. The normalized spacial score (nSPS) is 19.9. The molecule has 1 aromatic heterocycles. The topological polar surface area (TPSA) is 158 Å². The van der Waals surface area contributed by atoms with Crippen LogP contribution in [0.1, 0.15) is 114 Å². The fourth-order valence-electron chi connectivity index (χ4n) is 6.36. The van der Waals surface area contributed by atoms with Crippen molar-refractivity contribution >= 4 is 41.0 Å². The summed E-state index contributed by atoms with van der Waals surface area (Å²) in [4.78, 5) is 73.5. The summed E-state index contributed by atoms with van der Waals surface area (Å²) in [6.45, 7) is 11.2. The highest BCUT2D eigenvalue weighted by atomic mass is 32.1. The Kier molecular flexibility index (Phi) is 13.2. The lowest BCUT2D eigenvalue weighted by Crippen LogP contribution is -2.58. The third kappa shape index (κ3) is 12.1. The van der Waals surface area contributed by atoms with Crippen molar-refractivity contribution in [3.8, 4) is 0 Å². The highest BCUT2D eigenvalue weighted by Crippen LogP contribution is 2.31. The van der Waals surface area contributed by atoms with E-state index >= 15 is 0 Å². The zero-order chi connectivity index (χ0) is 42.2. The standard InChI is InChI=1S/C38H57N5O7S/c1-9-24(4)33(41-35(46)30-17-13-14-18-42(30)7)37(47)43(8)31(23(2)3)21-32(50-26(6)44)36-40-29(22-51-36)34(45)39-28(19-25(5)38(48)49)20-27-15-11-10-12-16-27/h10-12,15-16,22-25,28,30-33H,9,13-14,17-21H2,1-8H3,(H,39,45)(H,41,46)(H,48,49)/t24-,25-,28+,30-,31+,32?,33-/m0/s1/i10D,11D,12D,15D,16D. The fraction of sp³-hybridized carbons (Fsp3) is 0.632. The van der Waals surface area contributed by atoms with E-state index in [0.717, 1.165) is 30.7 Å². The van der Waals surface area contributed by atoms with E-state index in [1.54, 1.807) is 11.9 Å². The molecule has 1 fully saturated rings. The molecule has 12 nitrogen and oxygen atoms in total. The maximum absolute atomic E-state index is 14.2. The van der Waals surface area contributed by atoms with E-state index in [-0.39, 0.29) is 65.2 Å². The molecular weight excluding hydrogens is 671 g/mol. The maximum atomic E-state index is 14.2. The number of aliphatic carboxylic acids is 1. The summed E-state index contributed by atoms with van der Waals surface area (Å²) in [5, 5.41) is 17.1. The summed E-state index contributed by atoms with van der Waals surface area (Å²) >= 11 is 1.06. The Labute approximate surface area is 313 Å². The molecule has 1 aromatic carbocycles. The van der Waals surface area contributed by atoms with Gasteiger partial charge < -0.3 is 25.4 Å². The zero-order valence-electron chi connectivity index (χ0n) is 36.0. The predicted octanol–water partition coefficient (Wildman–Crippen LogP) is 5.09. The van der Waals surface area contributed by atoms with Crippen LogP contribution in [0.3, 0.4) is 0 Å². The van der Waals surface area contributed by atoms with Crippen molar-refractivity contribution in [2.75, 3.05) is 20.6 Å². The molecule has 1 saturated heterocycles. The quantitative estimate of drug-likeness (QED) is 0.178. The number of likely N-dealkylation sites (tertiary alicyclic amines) is 1. The molecule has 0 bridgehead atoms. The third-order valence-electron chi connectivity index (χ3n) is 9.66. The highest BCUT2D eigenvalue weighted by Gasteiger charge is 2.37. The minimum absolute atomic E-state index is 0.0612. The van der Waals surface area contributed by atoms with Gasteiger partial charge in [-0.2, -0.15) is 0 Å². The molecule has 1 unspecified atom stereocenters. The van der Waals surface area contributed by atoms with Crippen molar-refractivity contribution in [3.05, 3.63) is 51.9 Å². The second-order valence-corrected chi connectivity index (χ2v) is 14.9. The van der Waals surface area contributed by atoms with E-state index in [1.807, 2.05) is 39.6 Å². The van der Waals surface area contributed by atoms with Crippen molar-refractivity contribution in [3.63, 3.8) is 0 Å². The molecule has 7 atom stereocenters. The average Bonchev–Trinajstić information content (AvgIpc) is 3.65. The van der Waals surface area contributed by atoms with Gasteiger partial charge >= 0.3 is 11.9 Å². The first-order chi connectivity index (χ1) is 26.2. The fourth-order valence-corrected chi connectivity index (χ4v) is 7.20. The van der Waals surface area contributed by atoms with Crippen LogP contribution >= 0.6 is 11.3 Å². The van der Waals surface area contributed by atoms with Crippen LogP contribution in [0.5, 0.6) is 0 Å². The second-order valence-electron chi connectivity index (χ2n) is 14.0. The lowest BCUT2D eigenvalue weighted by atomic mass is 9.92. The van der Waals surface area contributed by atoms with Crippen molar-refractivity contribution in [2.24, 2.45) is 17.8 Å². The van der Waals surface area contributed by atoms with E-state index in [1.165, 1.54) is 19.2 Å². The van der Waals surface area contributed by atoms with Gasteiger partial charge in [0.15, 0.2) is 6.10 Å². The summed E-state index contributed by atoms with van der Waals surface area (Å²) < 4.78 is 46.3. The van der Waals surface area contributed by atoms with Crippen molar-refractivity contribution in [1.29, 1.82) is 0 Å². The molecule has 0 saturated carbocycles. The highest BCUT2D eigenvalue weighted by molar-refractivity contribution is 7.09. The Morgan fingerprint density at radius 3 is 2.37 bits per heavy atom. The number of hydrogen-bond donors (Lipinski definition) is 3. The third-order valence-corrected chi connectivity index (χ3v) is 10.6. The average molecular weight is 733 g/mol. The number of thiazole rings is 1. The van der Waals surface area contributed by atoms with Crippen LogP contribution in [0.15, 0.2) is 35.6 Å². The van der Waals surface area contributed by atoms with Crippen LogP contribution in [0.4, 0.5) is 0 Å². The number of carbonyl (C=O) groups is 5. The van der Waals surface area contributed by atoms with Gasteiger partial charge in [0, 0.05) is 37.9 Å². The number of piperidine rings is 1. The summed E-state index contributed by atoms with van der Waals surface area (Å²) in [6, 6.07) is -5.08. The minimum atomic E-state index is -1.14. The van der Waals surface area contributed by atoms with Gasteiger partial charge in [0.2, 0.25) is 11.8 Å². The molecule has 2 heterocycles. The Morgan fingerprint density at radius 2 is 1.78 bits per heavy atom. The summed E-state index contributed by atoms with van der Waals surface area (Å²) in [5.74, 6) is -4.13. The minimum Gasteiger partial charge on any atom is -0.481 e. The first-order valence-electron chi connectivity index (χ1n) is 20.2. The number of benzene rings is 1. The van der Waals surface area contributed by atoms with Gasteiger partial charge in [0.1, 0.15) is 16.7 Å².